The number of nitrogen functional groups attached to an aromatic ring is 1. The van der Waals surface area contributed by atoms with Gasteiger partial charge in [-0.25, -0.2) is 13.4 Å². The van der Waals surface area contributed by atoms with Gasteiger partial charge in [-0.15, -0.1) is 0 Å². The first-order chi connectivity index (χ1) is 12.5. The molecule has 134 valence electrons. The Morgan fingerprint density at radius 1 is 1.15 bits per heavy atom. The fourth-order valence-corrected chi connectivity index (χ4v) is 5.75. The van der Waals surface area contributed by atoms with Crippen LogP contribution in [0.1, 0.15) is 17.7 Å². The van der Waals surface area contributed by atoms with Crippen LogP contribution in [0.25, 0.3) is 10.4 Å². The molecule has 0 radical (unpaired) electrons. The number of hydrogen-bond donors (Lipinski definition) is 1. The van der Waals surface area contributed by atoms with E-state index in [9.17, 15) is 8.42 Å². The number of aromatic nitrogens is 1. The average Bonchev–Trinajstić information content (AvgIpc) is 2.99. The van der Waals surface area contributed by atoms with Crippen LogP contribution in [0, 0.1) is 6.92 Å². The Bertz CT molecular complexity index is 1060. The zero-order valence-electron chi connectivity index (χ0n) is 14.3. The smallest absolute Gasteiger partial charge is 0.264 e. The Labute approximate surface area is 157 Å². The van der Waals surface area contributed by atoms with E-state index in [4.69, 9.17) is 5.73 Å². The molecule has 1 aliphatic heterocycles. The van der Waals surface area contributed by atoms with E-state index in [0.717, 1.165) is 40.2 Å². The van der Waals surface area contributed by atoms with Crippen molar-refractivity contribution in [2.24, 2.45) is 0 Å². The van der Waals surface area contributed by atoms with Gasteiger partial charge >= 0.3 is 0 Å². The van der Waals surface area contributed by atoms with Crippen LogP contribution in [0.2, 0.25) is 0 Å². The molecule has 0 saturated carbocycles. The molecule has 0 spiro atoms. The number of sulfonamides is 1. The first-order valence-electron chi connectivity index (χ1n) is 8.41. The van der Waals surface area contributed by atoms with Crippen molar-refractivity contribution >= 4 is 32.2 Å². The topological polar surface area (TPSA) is 76.3 Å². The number of nitrogens with two attached hydrogens (primary N) is 1. The SMILES string of the molecule is Cc1nc(N)sc1-c1ccc2c(c1)CCCN2S(=O)(=O)c1ccccc1. The van der Waals surface area contributed by atoms with Crippen LogP contribution in [-0.4, -0.2) is 19.9 Å². The standard InChI is InChI=1S/C19H19N3O2S2/c1-13-18(25-19(20)21-13)15-9-10-17-14(12-15)6-5-11-22(17)26(23,24)16-7-3-2-4-8-16/h2-4,7-10,12H,5-6,11H2,1H3,(H2,20,21). The lowest BCUT2D eigenvalue weighted by molar-refractivity contribution is 0.586. The first kappa shape index (κ1) is 17.1. The number of hydrogen-bond acceptors (Lipinski definition) is 5. The van der Waals surface area contributed by atoms with Gasteiger partial charge in [0.05, 0.1) is 21.2 Å². The van der Waals surface area contributed by atoms with Crippen LogP contribution in [-0.2, 0) is 16.4 Å². The Balaban J connectivity index is 1.77. The predicted octanol–water partition coefficient (Wildman–Crippen LogP) is 3.84. The Morgan fingerprint density at radius 2 is 1.92 bits per heavy atom. The predicted molar refractivity (Wildman–Crippen MR) is 106 cm³/mol. The minimum Gasteiger partial charge on any atom is -0.375 e. The number of aryl methyl sites for hydroxylation is 2. The maximum absolute atomic E-state index is 13.1. The van der Waals surface area contributed by atoms with Gasteiger partial charge in [-0.2, -0.15) is 0 Å². The molecular formula is C19H19N3O2S2. The summed E-state index contributed by atoms with van der Waals surface area (Å²) in [6.07, 6.45) is 1.66. The zero-order chi connectivity index (χ0) is 18.3. The molecule has 2 N–H and O–H groups in total. The van der Waals surface area contributed by atoms with Crippen LogP contribution < -0.4 is 10.0 Å². The van der Waals surface area contributed by atoms with E-state index in [0.29, 0.717) is 16.6 Å². The normalized spacial score (nSPS) is 14.3. The van der Waals surface area contributed by atoms with Gasteiger partial charge in [0.1, 0.15) is 0 Å². The third kappa shape index (κ3) is 2.87. The van der Waals surface area contributed by atoms with Crippen molar-refractivity contribution in [3.63, 3.8) is 0 Å². The largest absolute Gasteiger partial charge is 0.375 e. The molecule has 4 rings (SSSR count). The van der Waals surface area contributed by atoms with Crippen molar-refractivity contribution in [2.45, 2.75) is 24.7 Å². The second-order valence-electron chi connectivity index (χ2n) is 6.30. The zero-order valence-corrected chi connectivity index (χ0v) is 16.0. The van der Waals surface area contributed by atoms with Crippen molar-refractivity contribution in [1.29, 1.82) is 0 Å². The molecule has 3 aromatic rings. The first-order valence-corrected chi connectivity index (χ1v) is 10.7. The van der Waals surface area contributed by atoms with Crippen molar-refractivity contribution < 1.29 is 8.42 Å². The van der Waals surface area contributed by atoms with Gasteiger partial charge in [-0.1, -0.05) is 35.6 Å². The van der Waals surface area contributed by atoms with E-state index < -0.39 is 10.0 Å². The molecule has 0 unspecified atom stereocenters. The molecule has 2 heterocycles. The quantitative estimate of drug-likeness (QED) is 0.743. The van der Waals surface area contributed by atoms with E-state index in [1.54, 1.807) is 24.3 Å². The minimum atomic E-state index is -3.55. The number of anilines is 2. The van der Waals surface area contributed by atoms with E-state index in [1.165, 1.54) is 15.6 Å². The lowest BCUT2D eigenvalue weighted by Crippen LogP contribution is -2.35. The Kier molecular flexibility index (Phi) is 4.20. The van der Waals surface area contributed by atoms with Crippen LogP contribution in [0.5, 0.6) is 0 Å². The van der Waals surface area contributed by atoms with Crippen molar-refractivity contribution in [3.05, 3.63) is 59.8 Å². The summed E-state index contributed by atoms with van der Waals surface area (Å²) in [5.74, 6) is 0. The van der Waals surface area contributed by atoms with Gasteiger partial charge in [0.2, 0.25) is 0 Å². The number of fused-ring (bicyclic) bond motifs is 1. The van der Waals surface area contributed by atoms with E-state index in [-0.39, 0.29) is 0 Å². The molecule has 0 fully saturated rings. The third-order valence-corrected chi connectivity index (χ3v) is 7.43. The van der Waals surface area contributed by atoms with Crippen LogP contribution in [0.4, 0.5) is 10.8 Å². The summed E-state index contributed by atoms with van der Waals surface area (Å²) >= 11 is 1.46. The monoisotopic (exact) mass is 385 g/mol. The highest BCUT2D eigenvalue weighted by Gasteiger charge is 2.29. The molecule has 0 aliphatic carbocycles. The molecular weight excluding hydrogens is 366 g/mol. The van der Waals surface area contributed by atoms with Crippen molar-refractivity contribution in [1.82, 2.24) is 4.98 Å². The van der Waals surface area contributed by atoms with Crippen LogP contribution in [0.15, 0.2) is 53.4 Å². The summed E-state index contributed by atoms with van der Waals surface area (Å²) in [4.78, 5) is 5.64. The maximum atomic E-state index is 13.1. The highest BCUT2D eigenvalue weighted by Crippen LogP contribution is 2.37. The van der Waals surface area contributed by atoms with Crippen molar-refractivity contribution in [3.8, 4) is 10.4 Å². The van der Waals surface area contributed by atoms with Gasteiger partial charge in [0.25, 0.3) is 10.0 Å². The van der Waals surface area contributed by atoms with E-state index >= 15 is 0 Å². The summed E-state index contributed by atoms with van der Waals surface area (Å²) in [5.41, 5.74) is 9.56. The number of rotatable bonds is 3. The third-order valence-electron chi connectivity index (χ3n) is 4.56. The summed E-state index contributed by atoms with van der Waals surface area (Å²) in [6.45, 7) is 2.43. The van der Waals surface area contributed by atoms with Gasteiger partial charge in [0.15, 0.2) is 5.13 Å². The molecule has 1 aromatic heterocycles. The molecule has 2 aromatic carbocycles. The second kappa shape index (κ2) is 6.41. The highest BCUT2D eigenvalue weighted by atomic mass is 32.2. The molecule has 0 amide bonds. The lowest BCUT2D eigenvalue weighted by atomic mass is 10.00. The molecule has 7 heteroatoms. The summed E-state index contributed by atoms with van der Waals surface area (Å²) < 4.78 is 27.7. The average molecular weight is 386 g/mol. The van der Waals surface area contributed by atoms with Crippen LogP contribution in [0.3, 0.4) is 0 Å². The Morgan fingerprint density at radius 3 is 2.62 bits per heavy atom. The fourth-order valence-electron chi connectivity index (χ4n) is 3.36. The van der Waals surface area contributed by atoms with Gasteiger partial charge in [0, 0.05) is 6.54 Å². The van der Waals surface area contributed by atoms with Gasteiger partial charge in [-0.05, 0) is 55.2 Å². The molecule has 0 bridgehead atoms. The summed E-state index contributed by atoms with van der Waals surface area (Å²) in [5, 5.41) is 0.545. The molecule has 0 atom stereocenters. The molecule has 0 saturated heterocycles. The number of thiazole rings is 1. The van der Waals surface area contributed by atoms with Crippen LogP contribution >= 0.6 is 11.3 Å². The van der Waals surface area contributed by atoms with E-state index in [1.807, 2.05) is 25.1 Å². The Hall–Kier alpha value is -2.38. The lowest BCUT2D eigenvalue weighted by Gasteiger charge is -2.30. The van der Waals surface area contributed by atoms with Gasteiger partial charge in [-0.3, -0.25) is 4.31 Å². The molecule has 1 aliphatic rings. The van der Waals surface area contributed by atoms with Crippen molar-refractivity contribution in [2.75, 3.05) is 16.6 Å². The van der Waals surface area contributed by atoms with E-state index in [2.05, 4.69) is 11.1 Å². The minimum absolute atomic E-state index is 0.322. The van der Waals surface area contributed by atoms with Gasteiger partial charge < -0.3 is 5.73 Å². The summed E-state index contributed by atoms with van der Waals surface area (Å²) in [6, 6.07) is 14.5. The maximum Gasteiger partial charge on any atom is 0.264 e. The highest BCUT2D eigenvalue weighted by molar-refractivity contribution is 7.92. The molecule has 26 heavy (non-hydrogen) atoms. The number of benzene rings is 2. The number of nitrogens with zero attached hydrogens (tertiary/aromatic N) is 2. The summed E-state index contributed by atoms with van der Waals surface area (Å²) in [7, 11) is -3.55. The fraction of sp³-hybridized carbons (Fsp3) is 0.211. The molecule has 5 nitrogen and oxygen atoms in total. The second-order valence-corrected chi connectivity index (χ2v) is 9.20.